The van der Waals surface area contributed by atoms with E-state index in [9.17, 15) is 0 Å². The molecule has 3 nitrogen and oxygen atoms in total. The lowest BCUT2D eigenvalue weighted by Gasteiger charge is -2.02. The smallest absolute Gasteiger partial charge is 0.346 e. The van der Waals surface area contributed by atoms with Gasteiger partial charge in [0.25, 0.3) is 0 Å². The number of imidazole rings is 1. The lowest BCUT2D eigenvalue weighted by Crippen LogP contribution is -3.00. The summed E-state index contributed by atoms with van der Waals surface area (Å²) in [6, 6.07) is 10.0. The van der Waals surface area contributed by atoms with Crippen LogP contribution in [0.3, 0.4) is 0 Å². The Labute approximate surface area is 126 Å². The molecule has 2 aromatic heterocycles. The minimum atomic E-state index is 0. The van der Waals surface area contributed by atoms with Gasteiger partial charge in [0.05, 0.1) is 11.6 Å². The van der Waals surface area contributed by atoms with Crippen molar-refractivity contribution in [1.29, 1.82) is 5.26 Å². The molecule has 0 aliphatic carbocycles. The van der Waals surface area contributed by atoms with Crippen molar-refractivity contribution in [2.45, 2.75) is 13.5 Å². The number of nitrogens with zero attached hydrogens (tertiary/aromatic N) is 3. The van der Waals surface area contributed by atoms with Gasteiger partial charge >= 0.3 is 4.96 Å². The van der Waals surface area contributed by atoms with Crippen LogP contribution in [-0.4, -0.2) is 4.57 Å². The SMILES string of the molecule is Cc1c[n+]2ccsc2n1Cc1ccccc1C#N.[Br-]. The summed E-state index contributed by atoms with van der Waals surface area (Å²) in [6.07, 6.45) is 4.17. The summed E-state index contributed by atoms with van der Waals surface area (Å²) < 4.78 is 4.36. The number of rotatable bonds is 2. The Hall–Kier alpha value is -1.64. The fourth-order valence-electron chi connectivity index (χ4n) is 2.13. The van der Waals surface area contributed by atoms with E-state index in [1.54, 1.807) is 11.3 Å². The van der Waals surface area contributed by atoms with Gasteiger partial charge < -0.3 is 17.0 Å². The van der Waals surface area contributed by atoms with Crippen LogP contribution in [0.15, 0.2) is 42.0 Å². The van der Waals surface area contributed by atoms with Gasteiger partial charge in [0.15, 0.2) is 0 Å². The van der Waals surface area contributed by atoms with E-state index in [4.69, 9.17) is 5.26 Å². The number of fused-ring (bicyclic) bond motifs is 1. The predicted octanol–water partition coefficient (Wildman–Crippen LogP) is -0.479. The molecule has 0 aliphatic heterocycles. The zero-order valence-corrected chi connectivity index (χ0v) is 12.8. The zero-order valence-electron chi connectivity index (χ0n) is 10.4. The molecular formula is C14H12BrN3S. The molecule has 0 radical (unpaired) electrons. The average molecular weight is 334 g/mol. The first-order valence-corrected chi connectivity index (χ1v) is 6.60. The number of nitriles is 1. The quantitative estimate of drug-likeness (QED) is 0.583. The average Bonchev–Trinajstić information content (AvgIpc) is 2.93. The second-order valence-corrected chi connectivity index (χ2v) is 5.09. The number of aromatic nitrogens is 2. The second-order valence-electron chi connectivity index (χ2n) is 4.22. The highest BCUT2D eigenvalue weighted by atomic mass is 79.9. The van der Waals surface area contributed by atoms with Gasteiger partial charge in [0.1, 0.15) is 24.6 Å². The van der Waals surface area contributed by atoms with Crippen LogP contribution >= 0.6 is 11.3 Å². The molecule has 3 aromatic rings. The molecule has 0 saturated carbocycles. The molecule has 0 fully saturated rings. The molecule has 5 heteroatoms. The van der Waals surface area contributed by atoms with E-state index in [-0.39, 0.29) is 17.0 Å². The van der Waals surface area contributed by atoms with Crippen LogP contribution in [-0.2, 0) is 6.54 Å². The van der Waals surface area contributed by atoms with Crippen molar-refractivity contribution in [3.8, 4) is 6.07 Å². The van der Waals surface area contributed by atoms with Gasteiger partial charge in [-0.2, -0.15) is 9.66 Å². The highest BCUT2D eigenvalue weighted by Gasteiger charge is 2.16. The van der Waals surface area contributed by atoms with E-state index in [1.165, 1.54) is 10.7 Å². The maximum atomic E-state index is 9.13. The van der Waals surface area contributed by atoms with Crippen LogP contribution in [0.25, 0.3) is 4.96 Å². The van der Waals surface area contributed by atoms with E-state index < -0.39 is 0 Å². The van der Waals surface area contributed by atoms with Crippen molar-refractivity contribution >= 4 is 16.3 Å². The summed E-state index contributed by atoms with van der Waals surface area (Å²) in [7, 11) is 0. The Morgan fingerprint density at radius 1 is 1.37 bits per heavy atom. The van der Waals surface area contributed by atoms with Crippen LogP contribution in [0.4, 0.5) is 0 Å². The minimum absolute atomic E-state index is 0. The third-order valence-corrected chi connectivity index (χ3v) is 3.96. The molecule has 19 heavy (non-hydrogen) atoms. The fraction of sp³-hybridized carbons (Fsp3) is 0.143. The van der Waals surface area contributed by atoms with Crippen LogP contribution in [0.5, 0.6) is 0 Å². The third-order valence-electron chi connectivity index (χ3n) is 3.06. The van der Waals surface area contributed by atoms with Crippen molar-refractivity contribution in [3.63, 3.8) is 0 Å². The Bertz CT molecular complexity index is 751. The lowest BCUT2D eigenvalue weighted by molar-refractivity contribution is -0.506. The molecular weight excluding hydrogens is 322 g/mol. The number of aryl methyl sites for hydroxylation is 1. The van der Waals surface area contributed by atoms with E-state index in [0.29, 0.717) is 0 Å². The first-order chi connectivity index (χ1) is 8.79. The summed E-state index contributed by atoms with van der Waals surface area (Å²) in [5, 5.41) is 11.2. The molecule has 0 saturated heterocycles. The normalized spacial score (nSPS) is 10.1. The Kier molecular flexibility index (Phi) is 4.03. The maximum Gasteiger partial charge on any atom is 0.346 e. The van der Waals surface area contributed by atoms with Gasteiger partial charge in [-0.05, 0) is 6.07 Å². The van der Waals surface area contributed by atoms with Gasteiger partial charge in [-0.15, -0.1) is 0 Å². The van der Waals surface area contributed by atoms with Crippen molar-refractivity contribution in [2.24, 2.45) is 0 Å². The van der Waals surface area contributed by atoms with E-state index in [1.807, 2.05) is 24.3 Å². The molecule has 0 N–H and O–H groups in total. The van der Waals surface area contributed by atoms with Gasteiger partial charge in [0.2, 0.25) is 0 Å². The molecule has 0 bridgehead atoms. The molecule has 96 valence electrons. The molecule has 0 aliphatic rings. The van der Waals surface area contributed by atoms with E-state index >= 15 is 0 Å². The Morgan fingerprint density at radius 3 is 2.95 bits per heavy atom. The highest BCUT2D eigenvalue weighted by Crippen LogP contribution is 2.15. The van der Waals surface area contributed by atoms with Crippen molar-refractivity contribution in [1.82, 2.24) is 4.57 Å². The summed E-state index contributed by atoms with van der Waals surface area (Å²) in [5.74, 6) is 0. The van der Waals surface area contributed by atoms with Crippen LogP contribution in [0, 0.1) is 18.3 Å². The van der Waals surface area contributed by atoms with Gasteiger partial charge in [-0.1, -0.05) is 29.5 Å². The maximum absolute atomic E-state index is 9.13. The zero-order chi connectivity index (χ0) is 12.5. The molecule has 0 atom stereocenters. The molecule has 0 spiro atoms. The summed E-state index contributed by atoms with van der Waals surface area (Å²) >= 11 is 1.71. The Balaban J connectivity index is 0.00000133. The van der Waals surface area contributed by atoms with Gasteiger partial charge in [-0.3, -0.25) is 0 Å². The summed E-state index contributed by atoms with van der Waals surface area (Å²) in [5.41, 5.74) is 3.02. The topological polar surface area (TPSA) is 32.8 Å². The Morgan fingerprint density at radius 2 is 2.16 bits per heavy atom. The van der Waals surface area contributed by atoms with Crippen LogP contribution < -0.4 is 21.4 Å². The van der Waals surface area contributed by atoms with Crippen molar-refractivity contribution in [3.05, 3.63) is 58.9 Å². The molecule has 3 rings (SSSR count). The monoisotopic (exact) mass is 333 g/mol. The number of hydrogen-bond donors (Lipinski definition) is 0. The van der Waals surface area contributed by atoms with Gasteiger partial charge in [-0.25, -0.2) is 4.57 Å². The second kappa shape index (κ2) is 5.55. The largest absolute Gasteiger partial charge is 1.00 e. The standard InChI is InChI=1S/C14H12N3S.BrH/c1-11-9-16-6-7-18-14(16)17(11)10-13-5-3-2-4-12(13)8-15;/h2-7,9H,10H2,1H3;1H/q+1;/p-1. The van der Waals surface area contributed by atoms with Crippen LogP contribution in [0.2, 0.25) is 0 Å². The molecule has 0 unspecified atom stereocenters. The van der Waals surface area contributed by atoms with Gasteiger partial charge in [0, 0.05) is 17.9 Å². The van der Waals surface area contributed by atoms with E-state index in [2.05, 4.69) is 39.7 Å². The van der Waals surface area contributed by atoms with E-state index in [0.717, 1.165) is 17.7 Å². The summed E-state index contributed by atoms with van der Waals surface area (Å²) in [4.78, 5) is 1.19. The number of benzene rings is 1. The number of halogens is 1. The van der Waals surface area contributed by atoms with Crippen molar-refractivity contribution < 1.29 is 21.4 Å². The number of thiazole rings is 1. The third kappa shape index (κ3) is 2.42. The van der Waals surface area contributed by atoms with Crippen LogP contribution in [0.1, 0.15) is 16.8 Å². The first-order valence-electron chi connectivity index (χ1n) is 5.72. The summed E-state index contributed by atoms with van der Waals surface area (Å²) in [6.45, 7) is 2.83. The minimum Gasteiger partial charge on any atom is -1.00 e. The van der Waals surface area contributed by atoms with Crippen molar-refractivity contribution in [2.75, 3.05) is 0 Å². The molecule has 0 amide bonds. The first kappa shape index (κ1) is 13.8. The lowest BCUT2D eigenvalue weighted by atomic mass is 10.1. The molecule has 2 heterocycles. The predicted molar refractivity (Wildman–Crippen MR) is 70.5 cm³/mol. The molecule has 1 aromatic carbocycles. The highest BCUT2D eigenvalue weighted by molar-refractivity contribution is 7.14. The number of hydrogen-bond acceptors (Lipinski definition) is 2. The fourth-order valence-corrected chi connectivity index (χ4v) is 3.02.